The first-order valence-electron chi connectivity index (χ1n) is 9.03. The molecule has 0 spiro atoms. The van der Waals surface area contributed by atoms with Gasteiger partial charge in [-0.3, -0.25) is 0 Å². The van der Waals surface area contributed by atoms with Crippen LogP contribution in [-0.2, 0) is 29.9 Å². The fourth-order valence-electron chi connectivity index (χ4n) is 3.25. The Bertz CT molecular complexity index is 1180. The highest BCUT2D eigenvalue weighted by molar-refractivity contribution is 7.92. The van der Waals surface area contributed by atoms with Crippen molar-refractivity contribution in [3.05, 3.63) is 60.7 Å². The average Bonchev–Trinajstić information content (AvgIpc) is 2.98. The molecule has 30 heavy (non-hydrogen) atoms. The molecule has 0 saturated carbocycles. The zero-order valence-electron chi connectivity index (χ0n) is 15.8. The summed E-state index contributed by atoms with van der Waals surface area (Å²) in [4.78, 5) is -0.0571. The van der Waals surface area contributed by atoms with Gasteiger partial charge in [0, 0.05) is 13.1 Å². The maximum atomic E-state index is 13.1. The molecule has 2 N–H and O–H groups in total. The molecular formula is C18H22N2O7S3. The van der Waals surface area contributed by atoms with Crippen LogP contribution in [0, 0.1) is 0 Å². The van der Waals surface area contributed by atoms with Gasteiger partial charge in [0.2, 0.25) is 20.0 Å². The molecule has 0 bridgehead atoms. The zero-order chi connectivity index (χ0) is 22.0. The minimum Gasteiger partial charge on any atom is -0.390 e. The van der Waals surface area contributed by atoms with Crippen molar-refractivity contribution in [2.24, 2.45) is 0 Å². The van der Waals surface area contributed by atoms with E-state index in [0.717, 1.165) is 4.31 Å². The van der Waals surface area contributed by atoms with Crippen LogP contribution < -0.4 is 4.72 Å². The summed E-state index contributed by atoms with van der Waals surface area (Å²) < 4.78 is 78.2. The smallest absolute Gasteiger partial charge is 0.243 e. The molecule has 164 valence electrons. The number of nitrogens with one attached hydrogen (secondary N) is 1. The minimum atomic E-state index is -4.18. The van der Waals surface area contributed by atoms with Gasteiger partial charge in [0.1, 0.15) is 0 Å². The second kappa shape index (κ2) is 8.73. The lowest BCUT2D eigenvalue weighted by Crippen LogP contribution is -2.49. The van der Waals surface area contributed by atoms with Crippen LogP contribution in [0.15, 0.2) is 70.5 Å². The molecule has 1 aliphatic rings. The number of sulfone groups is 1. The molecule has 0 aliphatic carbocycles. The molecule has 9 nitrogen and oxygen atoms in total. The highest BCUT2D eigenvalue weighted by atomic mass is 32.2. The molecule has 1 aliphatic heterocycles. The monoisotopic (exact) mass is 474 g/mol. The van der Waals surface area contributed by atoms with E-state index < -0.39 is 53.5 Å². The van der Waals surface area contributed by atoms with Crippen molar-refractivity contribution in [1.82, 2.24) is 9.03 Å². The fourth-order valence-corrected chi connectivity index (χ4v) is 7.86. The van der Waals surface area contributed by atoms with E-state index in [1.807, 2.05) is 0 Å². The second-order valence-electron chi connectivity index (χ2n) is 6.85. The third kappa shape index (κ3) is 5.07. The summed E-state index contributed by atoms with van der Waals surface area (Å²) in [6, 6.07) is 13.7. The van der Waals surface area contributed by atoms with E-state index in [0.29, 0.717) is 0 Å². The van der Waals surface area contributed by atoms with E-state index in [1.54, 1.807) is 24.3 Å². The van der Waals surface area contributed by atoms with E-state index in [1.165, 1.54) is 36.4 Å². The molecule has 2 atom stereocenters. The van der Waals surface area contributed by atoms with Gasteiger partial charge in [-0.1, -0.05) is 36.4 Å². The summed E-state index contributed by atoms with van der Waals surface area (Å²) in [7, 11) is -11.7. The Labute approximate surface area is 176 Å². The Morgan fingerprint density at radius 2 is 1.43 bits per heavy atom. The molecule has 2 aromatic rings. The molecule has 12 heteroatoms. The Morgan fingerprint density at radius 3 is 1.93 bits per heavy atom. The van der Waals surface area contributed by atoms with Gasteiger partial charge < -0.3 is 5.11 Å². The quantitative estimate of drug-likeness (QED) is 0.541. The van der Waals surface area contributed by atoms with Gasteiger partial charge in [-0.15, -0.1) is 0 Å². The lowest BCUT2D eigenvalue weighted by molar-refractivity contribution is 0.128. The first kappa shape index (κ1) is 22.8. The Balaban J connectivity index is 1.85. The molecule has 1 fully saturated rings. The summed E-state index contributed by atoms with van der Waals surface area (Å²) in [5, 5.41) is 10.2. The van der Waals surface area contributed by atoms with Crippen molar-refractivity contribution in [2.45, 2.75) is 21.9 Å². The number of aliphatic hydroxyl groups is 1. The minimum absolute atomic E-state index is 0.0194. The summed E-state index contributed by atoms with van der Waals surface area (Å²) in [6.45, 7) is -0.646. The zero-order valence-corrected chi connectivity index (χ0v) is 18.3. The van der Waals surface area contributed by atoms with Crippen LogP contribution in [0.4, 0.5) is 0 Å². The van der Waals surface area contributed by atoms with Crippen LogP contribution in [0.2, 0.25) is 0 Å². The van der Waals surface area contributed by atoms with Crippen LogP contribution in [0.25, 0.3) is 0 Å². The Kier molecular flexibility index (Phi) is 6.65. The number of nitrogens with zero attached hydrogens (tertiary/aromatic N) is 1. The van der Waals surface area contributed by atoms with E-state index in [2.05, 4.69) is 4.72 Å². The van der Waals surface area contributed by atoms with Crippen LogP contribution >= 0.6 is 0 Å². The van der Waals surface area contributed by atoms with Gasteiger partial charge >= 0.3 is 0 Å². The molecule has 1 heterocycles. The predicted molar refractivity (Wildman–Crippen MR) is 110 cm³/mol. The first-order chi connectivity index (χ1) is 14.0. The predicted octanol–water partition coefficient (Wildman–Crippen LogP) is -0.186. The number of benzene rings is 2. The van der Waals surface area contributed by atoms with Gasteiger partial charge in [-0.05, 0) is 24.3 Å². The SMILES string of the molecule is O=S1(=O)C[C@@H](N(CCNS(=O)(=O)c2ccccc2)S(=O)(=O)c2ccccc2)[C@@H](O)C1. The van der Waals surface area contributed by atoms with Crippen molar-refractivity contribution in [1.29, 1.82) is 0 Å². The molecule has 0 aromatic heterocycles. The third-order valence-corrected chi connectivity index (χ3v) is 9.81. The van der Waals surface area contributed by atoms with E-state index in [4.69, 9.17) is 0 Å². The van der Waals surface area contributed by atoms with Gasteiger partial charge in [0.15, 0.2) is 9.84 Å². The van der Waals surface area contributed by atoms with E-state index in [-0.39, 0.29) is 22.9 Å². The summed E-state index contributed by atoms with van der Waals surface area (Å²) in [5.74, 6) is -1.08. The number of rotatable bonds is 8. The number of hydrogen-bond acceptors (Lipinski definition) is 7. The molecule has 0 unspecified atom stereocenters. The molecule has 3 rings (SSSR count). The molecule has 0 radical (unpaired) electrons. The lowest BCUT2D eigenvalue weighted by atomic mass is 10.2. The molecule has 0 amide bonds. The van der Waals surface area contributed by atoms with E-state index >= 15 is 0 Å². The number of sulfonamides is 2. The number of aliphatic hydroxyl groups excluding tert-OH is 1. The van der Waals surface area contributed by atoms with Crippen LogP contribution in [-0.4, -0.2) is 71.4 Å². The second-order valence-corrected chi connectivity index (χ2v) is 12.7. The molecular weight excluding hydrogens is 452 g/mol. The van der Waals surface area contributed by atoms with Gasteiger partial charge in [0.25, 0.3) is 0 Å². The van der Waals surface area contributed by atoms with Crippen molar-refractivity contribution >= 4 is 29.9 Å². The maximum absolute atomic E-state index is 13.1. The van der Waals surface area contributed by atoms with Gasteiger partial charge in [-0.2, -0.15) is 4.31 Å². The third-order valence-electron chi connectivity index (χ3n) is 4.69. The topological polar surface area (TPSA) is 138 Å². The van der Waals surface area contributed by atoms with Crippen LogP contribution in [0.1, 0.15) is 0 Å². The van der Waals surface area contributed by atoms with Gasteiger partial charge in [-0.25, -0.2) is 30.0 Å². The normalized spacial score (nSPS) is 21.7. The summed E-state index contributed by atoms with van der Waals surface area (Å²) in [6.07, 6.45) is -1.40. The van der Waals surface area contributed by atoms with Crippen LogP contribution in [0.5, 0.6) is 0 Å². The highest BCUT2D eigenvalue weighted by Gasteiger charge is 2.44. The van der Waals surface area contributed by atoms with E-state index in [9.17, 15) is 30.4 Å². The molecule has 2 aromatic carbocycles. The first-order valence-corrected chi connectivity index (χ1v) is 13.8. The van der Waals surface area contributed by atoms with Gasteiger partial charge in [0.05, 0.1) is 33.4 Å². The standard InChI is InChI=1S/C18H22N2O7S3/c21-18-14-28(22,23)13-17(18)20(30(26,27)16-9-5-2-6-10-16)12-11-19-29(24,25)15-7-3-1-4-8-15/h1-10,17-19,21H,11-14H2/t17-,18+/m1/s1. The number of hydrogen-bond donors (Lipinski definition) is 2. The highest BCUT2D eigenvalue weighted by Crippen LogP contribution is 2.25. The average molecular weight is 475 g/mol. The Hall–Kier alpha value is -1.83. The largest absolute Gasteiger partial charge is 0.390 e. The Morgan fingerprint density at radius 1 is 0.900 bits per heavy atom. The summed E-state index contributed by atoms with van der Waals surface area (Å²) >= 11 is 0. The summed E-state index contributed by atoms with van der Waals surface area (Å²) in [5.41, 5.74) is 0. The fraction of sp³-hybridized carbons (Fsp3) is 0.333. The van der Waals surface area contributed by atoms with Crippen molar-refractivity contribution in [3.8, 4) is 0 Å². The van der Waals surface area contributed by atoms with Crippen molar-refractivity contribution < 1.29 is 30.4 Å². The van der Waals surface area contributed by atoms with Crippen molar-refractivity contribution in [3.63, 3.8) is 0 Å². The maximum Gasteiger partial charge on any atom is 0.243 e. The lowest BCUT2D eigenvalue weighted by Gasteiger charge is -2.29. The molecule has 1 saturated heterocycles. The van der Waals surface area contributed by atoms with Crippen molar-refractivity contribution in [2.75, 3.05) is 24.6 Å². The van der Waals surface area contributed by atoms with Crippen LogP contribution in [0.3, 0.4) is 0 Å².